The summed E-state index contributed by atoms with van der Waals surface area (Å²) in [6.07, 6.45) is -2.73. The zero-order valence-corrected chi connectivity index (χ0v) is 15.0. The maximum absolute atomic E-state index is 14.4. The van der Waals surface area contributed by atoms with Crippen molar-refractivity contribution in [2.24, 2.45) is 0 Å². The lowest BCUT2D eigenvalue weighted by Gasteiger charge is -2.25. The molecule has 11 heteroatoms. The van der Waals surface area contributed by atoms with Crippen LogP contribution in [0.4, 0.5) is 23.4 Å². The summed E-state index contributed by atoms with van der Waals surface area (Å²) >= 11 is 0. The van der Waals surface area contributed by atoms with Crippen molar-refractivity contribution < 1.29 is 31.8 Å². The third-order valence-corrected chi connectivity index (χ3v) is 4.65. The molecule has 1 saturated heterocycles. The van der Waals surface area contributed by atoms with Gasteiger partial charge in [0.2, 0.25) is 12.7 Å². The molecule has 0 aliphatic carbocycles. The first-order valence-electron chi connectivity index (χ1n) is 8.85. The molecule has 2 aliphatic heterocycles. The monoisotopic (exact) mass is 412 g/mol. The smallest absolute Gasteiger partial charge is 0.405 e. The van der Waals surface area contributed by atoms with Gasteiger partial charge in [-0.25, -0.2) is 14.4 Å². The fraction of sp³-hybridized carbons (Fsp3) is 0.389. The van der Waals surface area contributed by atoms with E-state index in [9.17, 15) is 22.4 Å². The molecule has 3 heterocycles. The first-order valence-corrected chi connectivity index (χ1v) is 8.85. The molecule has 1 N–H and O–H groups in total. The van der Waals surface area contributed by atoms with Crippen LogP contribution in [0.1, 0.15) is 12.8 Å². The van der Waals surface area contributed by atoms with Gasteiger partial charge in [0.15, 0.2) is 29.0 Å². The number of fused-ring (bicyclic) bond motifs is 1. The van der Waals surface area contributed by atoms with Crippen molar-refractivity contribution in [3.8, 4) is 22.9 Å². The van der Waals surface area contributed by atoms with Crippen LogP contribution in [-0.2, 0) is 4.79 Å². The zero-order valence-electron chi connectivity index (χ0n) is 15.0. The number of carbonyl (C=O) groups is 1. The van der Waals surface area contributed by atoms with E-state index in [-0.39, 0.29) is 18.4 Å². The third-order valence-electron chi connectivity index (χ3n) is 4.65. The lowest BCUT2D eigenvalue weighted by Crippen LogP contribution is -2.46. The van der Waals surface area contributed by atoms with Crippen molar-refractivity contribution >= 4 is 11.7 Å². The predicted octanol–water partition coefficient (Wildman–Crippen LogP) is 2.66. The van der Waals surface area contributed by atoms with Gasteiger partial charge in [-0.2, -0.15) is 13.2 Å². The van der Waals surface area contributed by atoms with Gasteiger partial charge in [-0.15, -0.1) is 0 Å². The number of amides is 1. The Balaban J connectivity index is 1.59. The number of anilines is 1. The number of halogens is 4. The van der Waals surface area contributed by atoms with Gasteiger partial charge in [0.25, 0.3) is 0 Å². The Morgan fingerprint density at radius 2 is 2.07 bits per heavy atom. The largest absolute Gasteiger partial charge is 0.454 e. The van der Waals surface area contributed by atoms with Gasteiger partial charge in [-0.1, -0.05) is 0 Å². The Labute approximate surface area is 162 Å². The number of hydrogen-bond acceptors (Lipinski definition) is 6. The van der Waals surface area contributed by atoms with E-state index in [1.807, 2.05) is 5.32 Å². The van der Waals surface area contributed by atoms with Crippen LogP contribution < -0.4 is 19.7 Å². The van der Waals surface area contributed by atoms with E-state index in [4.69, 9.17) is 9.47 Å². The molecule has 0 saturated carbocycles. The van der Waals surface area contributed by atoms with Crippen LogP contribution in [0.15, 0.2) is 24.4 Å². The number of nitrogens with zero attached hydrogens (tertiary/aromatic N) is 3. The second kappa shape index (κ2) is 7.37. The minimum Gasteiger partial charge on any atom is -0.454 e. The Hall–Kier alpha value is -3.11. The molecule has 1 aromatic heterocycles. The molecule has 29 heavy (non-hydrogen) atoms. The number of alkyl halides is 3. The number of rotatable bonds is 4. The van der Waals surface area contributed by atoms with E-state index < -0.39 is 30.5 Å². The number of benzene rings is 1. The Morgan fingerprint density at radius 1 is 1.28 bits per heavy atom. The van der Waals surface area contributed by atoms with Gasteiger partial charge in [-0.05, 0) is 31.0 Å². The first-order chi connectivity index (χ1) is 13.8. The van der Waals surface area contributed by atoms with Crippen molar-refractivity contribution in [3.63, 3.8) is 0 Å². The van der Waals surface area contributed by atoms with Crippen molar-refractivity contribution in [3.05, 3.63) is 30.2 Å². The van der Waals surface area contributed by atoms with E-state index in [1.165, 1.54) is 4.90 Å². The highest BCUT2D eigenvalue weighted by Crippen LogP contribution is 2.36. The van der Waals surface area contributed by atoms with Crippen LogP contribution in [0.2, 0.25) is 0 Å². The van der Waals surface area contributed by atoms with Crippen molar-refractivity contribution in [2.75, 3.05) is 24.8 Å². The normalized spacial score (nSPS) is 18.2. The van der Waals surface area contributed by atoms with Gasteiger partial charge >= 0.3 is 6.18 Å². The van der Waals surface area contributed by atoms with E-state index >= 15 is 0 Å². The fourth-order valence-corrected chi connectivity index (χ4v) is 3.33. The van der Waals surface area contributed by atoms with Crippen molar-refractivity contribution in [1.29, 1.82) is 0 Å². The molecule has 1 fully saturated rings. The van der Waals surface area contributed by atoms with E-state index in [2.05, 4.69) is 9.97 Å². The standard InChI is InChI=1S/C18H16F4N4O3/c19-11-7-23-15(10-3-4-13-14(6-10)29-9-28-13)25-16(11)26-5-1-2-12(26)17(27)24-8-18(20,21)22/h3-4,6-7,12H,1-2,5,8-9H2,(H,24,27)/t12-/m1/s1. The third kappa shape index (κ3) is 4.03. The Morgan fingerprint density at radius 3 is 2.86 bits per heavy atom. The molecule has 4 rings (SSSR count). The number of carbonyl (C=O) groups excluding carboxylic acids is 1. The molecular formula is C18H16F4N4O3. The van der Waals surface area contributed by atoms with Crippen molar-refractivity contribution in [1.82, 2.24) is 15.3 Å². The van der Waals surface area contributed by atoms with Gasteiger partial charge in [0.05, 0.1) is 6.20 Å². The molecule has 1 amide bonds. The predicted molar refractivity (Wildman–Crippen MR) is 93.0 cm³/mol. The van der Waals surface area contributed by atoms with Crippen LogP contribution in [0, 0.1) is 5.82 Å². The van der Waals surface area contributed by atoms with Crippen LogP contribution in [0.5, 0.6) is 11.5 Å². The van der Waals surface area contributed by atoms with Crippen LogP contribution in [-0.4, -0.2) is 48.0 Å². The number of ether oxygens (including phenoxy) is 2. The van der Waals surface area contributed by atoms with Gasteiger partial charge < -0.3 is 19.7 Å². The second-order valence-corrected chi connectivity index (χ2v) is 6.62. The minimum atomic E-state index is -4.52. The lowest BCUT2D eigenvalue weighted by molar-refractivity contribution is -0.139. The average Bonchev–Trinajstić information content (AvgIpc) is 3.34. The number of aromatic nitrogens is 2. The first kappa shape index (κ1) is 19.2. The highest BCUT2D eigenvalue weighted by molar-refractivity contribution is 5.85. The summed E-state index contributed by atoms with van der Waals surface area (Å²) in [5, 5.41) is 1.86. The molecule has 154 valence electrons. The molecule has 2 aliphatic rings. The molecule has 7 nitrogen and oxygen atoms in total. The summed E-state index contributed by atoms with van der Waals surface area (Å²) in [6, 6.07) is 4.07. The maximum Gasteiger partial charge on any atom is 0.405 e. The van der Waals surface area contributed by atoms with Crippen LogP contribution in [0.25, 0.3) is 11.4 Å². The molecular weight excluding hydrogens is 396 g/mol. The Kier molecular flexibility index (Phi) is 4.89. The van der Waals surface area contributed by atoms with E-state index in [1.54, 1.807) is 18.2 Å². The molecule has 0 bridgehead atoms. The van der Waals surface area contributed by atoms with E-state index in [0.29, 0.717) is 36.4 Å². The summed E-state index contributed by atoms with van der Waals surface area (Å²) < 4.78 is 62.2. The molecule has 1 atom stereocenters. The summed E-state index contributed by atoms with van der Waals surface area (Å²) in [7, 11) is 0. The molecule has 0 radical (unpaired) electrons. The summed E-state index contributed by atoms with van der Waals surface area (Å²) in [5.74, 6) is -0.439. The maximum atomic E-state index is 14.4. The van der Waals surface area contributed by atoms with Crippen molar-refractivity contribution in [2.45, 2.75) is 25.1 Å². The SMILES string of the molecule is O=C(NCC(F)(F)F)[C@H]1CCCN1c1nc(-c2ccc3c(c2)OCO3)ncc1F. The fourth-order valence-electron chi connectivity index (χ4n) is 3.33. The van der Waals surface area contributed by atoms with Crippen LogP contribution in [0.3, 0.4) is 0 Å². The lowest BCUT2D eigenvalue weighted by atomic mass is 10.2. The van der Waals surface area contributed by atoms with Gasteiger partial charge in [0, 0.05) is 12.1 Å². The summed E-state index contributed by atoms with van der Waals surface area (Å²) in [5.41, 5.74) is 0.549. The second-order valence-electron chi connectivity index (χ2n) is 6.62. The topological polar surface area (TPSA) is 76.6 Å². The number of hydrogen-bond donors (Lipinski definition) is 1. The molecule has 0 unspecified atom stereocenters. The molecule has 1 aromatic carbocycles. The average molecular weight is 412 g/mol. The highest BCUT2D eigenvalue weighted by atomic mass is 19.4. The van der Waals surface area contributed by atoms with Gasteiger partial charge in [-0.3, -0.25) is 4.79 Å². The number of nitrogens with one attached hydrogen (secondary N) is 1. The molecule has 0 spiro atoms. The summed E-state index contributed by atoms with van der Waals surface area (Å²) in [6.45, 7) is -1.06. The quantitative estimate of drug-likeness (QED) is 0.779. The van der Waals surface area contributed by atoms with E-state index in [0.717, 1.165) is 6.20 Å². The Bertz CT molecular complexity index is 938. The summed E-state index contributed by atoms with van der Waals surface area (Å²) in [4.78, 5) is 21.8. The minimum absolute atomic E-state index is 0.0941. The molecule has 2 aromatic rings. The zero-order chi connectivity index (χ0) is 20.6. The van der Waals surface area contributed by atoms with Crippen LogP contribution >= 0.6 is 0 Å². The highest BCUT2D eigenvalue weighted by Gasteiger charge is 2.36. The van der Waals surface area contributed by atoms with Gasteiger partial charge in [0.1, 0.15) is 12.6 Å².